The van der Waals surface area contributed by atoms with Gasteiger partial charge in [-0.15, -0.1) is 0 Å². The molecule has 0 saturated carbocycles. The van der Waals surface area contributed by atoms with E-state index in [9.17, 15) is 4.79 Å². The summed E-state index contributed by atoms with van der Waals surface area (Å²) in [4.78, 5) is 16.4. The van der Waals surface area contributed by atoms with E-state index in [-0.39, 0.29) is 12.3 Å². The first-order valence-electron chi connectivity index (χ1n) is 8.69. The van der Waals surface area contributed by atoms with Gasteiger partial charge in [0.2, 0.25) is 5.91 Å². The molecule has 0 aliphatic heterocycles. The molecule has 0 bridgehead atoms. The second-order valence-corrected chi connectivity index (χ2v) is 6.19. The predicted molar refractivity (Wildman–Crippen MR) is 103 cm³/mol. The second-order valence-electron chi connectivity index (χ2n) is 6.19. The molecular formula is C21H23N3O3. The van der Waals surface area contributed by atoms with Crippen LogP contribution in [0.4, 0.5) is 0 Å². The number of ether oxygens (including phenoxy) is 2. The Bertz CT molecular complexity index is 891. The molecule has 0 unspecified atom stereocenters. The SMILES string of the molecule is COc1ccc(CC(=O)NCc2cccc(Cn3ccnc3)c2)c(OC)c1. The van der Waals surface area contributed by atoms with Crippen LogP contribution in [0.15, 0.2) is 61.2 Å². The van der Waals surface area contributed by atoms with E-state index < -0.39 is 0 Å². The molecular weight excluding hydrogens is 342 g/mol. The number of imidazole rings is 1. The summed E-state index contributed by atoms with van der Waals surface area (Å²) in [5, 5.41) is 2.97. The van der Waals surface area contributed by atoms with Crippen LogP contribution >= 0.6 is 0 Å². The number of carbonyl (C=O) groups excluding carboxylic acids is 1. The molecule has 0 aliphatic carbocycles. The summed E-state index contributed by atoms with van der Waals surface area (Å²) in [7, 11) is 3.18. The van der Waals surface area contributed by atoms with Crippen LogP contribution in [0, 0.1) is 0 Å². The summed E-state index contributed by atoms with van der Waals surface area (Å²) in [6, 6.07) is 13.6. The number of methoxy groups -OCH3 is 2. The summed E-state index contributed by atoms with van der Waals surface area (Å²) >= 11 is 0. The lowest BCUT2D eigenvalue weighted by Crippen LogP contribution is -2.24. The van der Waals surface area contributed by atoms with Crippen LogP contribution in [0.2, 0.25) is 0 Å². The topological polar surface area (TPSA) is 65.4 Å². The molecule has 0 aliphatic rings. The highest BCUT2D eigenvalue weighted by molar-refractivity contribution is 5.79. The highest BCUT2D eigenvalue weighted by Gasteiger charge is 2.10. The number of nitrogens with one attached hydrogen (secondary N) is 1. The Kier molecular flexibility index (Phi) is 6.10. The maximum atomic E-state index is 12.3. The molecule has 27 heavy (non-hydrogen) atoms. The van der Waals surface area contributed by atoms with Crippen LogP contribution in [0.1, 0.15) is 16.7 Å². The van der Waals surface area contributed by atoms with E-state index in [1.807, 2.05) is 35.0 Å². The van der Waals surface area contributed by atoms with Crippen molar-refractivity contribution in [3.63, 3.8) is 0 Å². The zero-order valence-corrected chi connectivity index (χ0v) is 15.5. The van der Waals surface area contributed by atoms with Gasteiger partial charge in [-0.1, -0.05) is 30.3 Å². The van der Waals surface area contributed by atoms with Gasteiger partial charge < -0.3 is 19.4 Å². The van der Waals surface area contributed by atoms with Crippen molar-refractivity contribution in [1.29, 1.82) is 0 Å². The van der Waals surface area contributed by atoms with Gasteiger partial charge in [0.25, 0.3) is 0 Å². The van der Waals surface area contributed by atoms with Crippen molar-refractivity contribution in [3.05, 3.63) is 77.9 Å². The minimum Gasteiger partial charge on any atom is -0.497 e. The number of rotatable bonds is 8. The number of nitrogens with zero attached hydrogens (tertiary/aromatic N) is 2. The molecule has 1 amide bonds. The molecule has 0 fully saturated rings. The number of hydrogen-bond donors (Lipinski definition) is 1. The van der Waals surface area contributed by atoms with Crippen LogP contribution < -0.4 is 14.8 Å². The summed E-state index contributed by atoms with van der Waals surface area (Å²) in [6.45, 7) is 1.24. The quantitative estimate of drug-likeness (QED) is 0.667. The van der Waals surface area contributed by atoms with E-state index in [1.165, 1.54) is 0 Å². The molecule has 2 aromatic carbocycles. The predicted octanol–water partition coefficient (Wildman–Crippen LogP) is 2.81. The third kappa shape index (κ3) is 5.10. The number of amides is 1. The normalized spacial score (nSPS) is 10.4. The van der Waals surface area contributed by atoms with Crippen molar-refractivity contribution < 1.29 is 14.3 Å². The van der Waals surface area contributed by atoms with Crippen molar-refractivity contribution in [2.24, 2.45) is 0 Å². The van der Waals surface area contributed by atoms with Crippen LogP contribution in [0.5, 0.6) is 11.5 Å². The largest absolute Gasteiger partial charge is 0.497 e. The first kappa shape index (κ1) is 18.5. The van der Waals surface area contributed by atoms with Crippen LogP contribution in [-0.4, -0.2) is 29.7 Å². The van der Waals surface area contributed by atoms with Gasteiger partial charge in [-0.25, -0.2) is 4.98 Å². The maximum absolute atomic E-state index is 12.3. The van der Waals surface area contributed by atoms with Crippen LogP contribution in [0.3, 0.4) is 0 Å². The van der Waals surface area contributed by atoms with Gasteiger partial charge in [0.15, 0.2) is 0 Å². The Labute approximate surface area is 158 Å². The number of carbonyl (C=O) groups is 1. The highest BCUT2D eigenvalue weighted by Crippen LogP contribution is 2.24. The highest BCUT2D eigenvalue weighted by atomic mass is 16.5. The third-order valence-corrected chi connectivity index (χ3v) is 4.25. The molecule has 0 atom stereocenters. The van der Waals surface area contributed by atoms with Gasteiger partial charge in [0.05, 0.1) is 27.0 Å². The van der Waals surface area contributed by atoms with E-state index in [0.717, 1.165) is 23.2 Å². The maximum Gasteiger partial charge on any atom is 0.224 e. The minimum absolute atomic E-state index is 0.0570. The molecule has 6 nitrogen and oxygen atoms in total. The van der Waals surface area contributed by atoms with Gasteiger partial charge in [-0.05, 0) is 17.2 Å². The number of aromatic nitrogens is 2. The molecule has 6 heteroatoms. The van der Waals surface area contributed by atoms with Gasteiger partial charge in [0, 0.05) is 37.1 Å². The Morgan fingerprint density at radius 2 is 1.96 bits per heavy atom. The lowest BCUT2D eigenvalue weighted by molar-refractivity contribution is -0.120. The van der Waals surface area contributed by atoms with E-state index in [0.29, 0.717) is 18.0 Å². The summed E-state index contributed by atoms with van der Waals surface area (Å²) in [5.41, 5.74) is 3.05. The fraction of sp³-hybridized carbons (Fsp3) is 0.238. The van der Waals surface area contributed by atoms with Gasteiger partial charge >= 0.3 is 0 Å². The number of benzene rings is 2. The summed E-state index contributed by atoms with van der Waals surface area (Å²) in [5.74, 6) is 1.29. The zero-order valence-electron chi connectivity index (χ0n) is 15.5. The lowest BCUT2D eigenvalue weighted by Gasteiger charge is -2.11. The first-order valence-corrected chi connectivity index (χ1v) is 8.69. The average Bonchev–Trinajstić information content (AvgIpc) is 3.20. The molecule has 0 radical (unpaired) electrons. The molecule has 3 rings (SSSR count). The van der Waals surface area contributed by atoms with Crippen molar-refractivity contribution in [1.82, 2.24) is 14.9 Å². The monoisotopic (exact) mass is 365 g/mol. The van der Waals surface area contributed by atoms with Gasteiger partial charge in [-0.3, -0.25) is 4.79 Å². The van der Waals surface area contributed by atoms with Crippen molar-refractivity contribution in [3.8, 4) is 11.5 Å². The van der Waals surface area contributed by atoms with Gasteiger partial charge in [-0.2, -0.15) is 0 Å². The van der Waals surface area contributed by atoms with Crippen molar-refractivity contribution >= 4 is 5.91 Å². The van der Waals surface area contributed by atoms with Crippen molar-refractivity contribution in [2.45, 2.75) is 19.5 Å². The van der Waals surface area contributed by atoms with E-state index in [2.05, 4.69) is 22.4 Å². The molecule has 0 spiro atoms. The fourth-order valence-corrected chi connectivity index (χ4v) is 2.86. The average molecular weight is 365 g/mol. The van der Waals surface area contributed by atoms with E-state index in [1.54, 1.807) is 32.8 Å². The first-order chi connectivity index (χ1) is 13.2. The standard InChI is InChI=1S/C21H23N3O3/c1-26-19-7-6-18(20(12-19)27-2)11-21(25)23-13-16-4-3-5-17(10-16)14-24-9-8-22-15-24/h3-10,12,15H,11,13-14H2,1-2H3,(H,23,25). The molecule has 1 heterocycles. The third-order valence-electron chi connectivity index (χ3n) is 4.25. The smallest absolute Gasteiger partial charge is 0.224 e. The Morgan fingerprint density at radius 1 is 1.11 bits per heavy atom. The van der Waals surface area contributed by atoms with Crippen LogP contribution in [0.25, 0.3) is 0 Å². The van der Waals surface area contributed by atoms with Crippen molar-refractivity contribution in [2.75, 3.05) is 14.2 Å². The summed E-state index contributed by atoms with van der Waals surface area (Å²) < 4.78 is 12.5. The Balaban J connectivity index is 1.58. The van der Waals surface area contributed by atoms with E-state index >= 15 is 0 Å². The Hall–Kier alpha value is -3.28. The molecule has 1 aromatic heterocycles. The zero-order chi connectivity index (χ0) is 19.1. The molecule has 3 aromatic rings. The molecule has 0 saturated heterocycles. The minimum atomic E-state index is -0.0570. The summed E-state index contributed by atoms with van der Waals surface area (Å²) in [6.07, 6.45) is 5.73. The van der Waals surface area contributed by atoms with Gasteiger partial charge in [0.1, 0.15) is 11.5 Å². The lowest BCUT2D eigenvalue weighted by atomic mass is 10.1. The number of hydrogen-bond acceptors (Lipinski definition) is 4. The molecule has 140 valence electrons. The fourth-order valence-electron chi connectivity index (χ4n) is 2.86. The molecule has 1 N–H and O–H groups in total. The van der Waals surface area contributed by atoms with Crippen LogP contribution in [-0.2, 0) is 24.3 Å². The van der Waals surface area contributed by atoms with E-state index in [4.69, 9.17) is 9.47 Å². The second kappa shape index (κ2) is 8.89. The Morgan fingerprint density at radius 3 is 2.70 bits per heavy atom.